The smallest absolute Gasteiger partial charge is 0.338 e. The number of nitrogens with one attached hydrogen (secondary N) is 1. The molecule has 0 unspecified atom stereocenters. The number of carbonyl (C=O) groups is 1. The lowest BCUT2D eigenvalue weighted by Gasteiger charge is -2.07. The van der Waals surface area contributed by atoms with E-state index in [1.165, 1.54) is 31.3 Å². The first-order valence-electron chi connectivity index (χ1n) is 6.48. The van der Waals surface area contributed by atoms with Crippen LogP contribution in [-0.2, 0) is 21.4 Å². The minimum Gasteiger partial charge on any atom is -0.457 e. The Hall–Kier alpha value is -1.60. The van der Waals surface area contributed by atoms with Crippen LogP contribution in [0.2, 0.25) is 10.0 Å². The second kappa shape index (κ2) is 7.31. The Kier molecular flexibility index (Phi) is 5.64. The average molecular weight is 374 g/mol. The van der Waals surface area contributed by atoms with Crippen LogP contribution in [0.5, 0.6) is 0 Å². The zero-order valence-corrected chi connectivity index (χ0v) is 14.4. The Bertz CT molecular complexity index is 820. The van der Waals surface area contributed by atoms with Gasteiger partial charge in [0.2, 0.25) is 10.0 Å². The maximum absolute atomic E-state index is 12.0. The number of halogens is 2. The molecule has 1 N–H and O–H groups in total. The Morgan fingerprint density at radius 2 is 1.74 bits per heavy atom. The number of carbonyl (C=O) groups excluding carboxylic acids is 1. The van der Waals surface area contributed by atoms with Gasteiger partial charge in [0.15, 0.2) is 0 Å². The predicted octanol–water partition coefficient (Wildman–Crippen LogP) is 3.26. The van der Waals surface area contributed by atoms with Gasteiger partial charge >= 0.3 is 5.97 Å². The topological polar surface area (TPSA) is 72.5 Å². The van der Waals surface area contributed by atoms with Gasteiger partial charge in [0.05, 0.1) is 20.5 Å². The average Bonchev–Trinajstić information content (AvgIpc) is 2.55. The van der Waals surface area contributed by atoms with Crippen molar-refractivity contribution >= 4 is 39.2 Å². The van der Waals surface area contributed by atoms with Crippen LogP contribution in [0, 0.1) is 0 Å². The number of rotatable bonds is 5. The quantitative estimate of drug-likeness (QED) is 0.816. The molecule has 0 aliphatic rings. The summed E-state index contributed by atoms with van der Waals surface area (Å²) in [5.74, 6) is -0.565. The molecule has 0 amide bonds. The van der Waals surface area contributed by atoms with Crippen molar-refractivity contribution in [3.05, 3.63) is 63.6 Å². The third-order valence-electron chi connectivity index (χ3n) is 3.02. The maximum atomic E-state index is 12.0. The summed E-state index contributed by atoms with van der Waals surface area (Å²) in [6.45, 7) is 0.0340. The van der Waals surface area contributed by atoms with Crippen molar-refractivity contribution in [2.45, 2.75) is 11.5 Å². The standard InChI is InChI=1S/C15H13Cl2NO4S/c1-18-23(20,21)12-5-3-11(4-6-12)15(19)22-9-10-2-7-13(16)14(17)8-10/h2-8,18H,9H2,1H3. The lowest BCUT2D eigenvalue weighted by molar-refractivity contribution is 0.0472. The molecule has 8 heteroatoms. The van der Waals surface area contributed by atoms with Gasteiger partial charge in [0.1, 0.15) is 6.61 Å². The first kappa shape index (κ1) is 17.7. The molecule has 0 aliphatic carbocycles. The molecule has 0 atom stereocenters. The zero-order valence-electron chi connectivity index (χ0n) is 12.0. The first-order valence-corrected chi connectivity index (χ1v) is 8.72. The lowest BCUT2D eigenvalue weighted by atomic mass is 10.2. The van der Waals surface area contributed by atoms with Gasteiger partial charge in [0, 0.05) is 0 Å². The van der Waals surface area contributed by atoms with Gasteiger partial charge in [0.25, 0.3) is 0 Å². The molecule has 0 bridgehead atoms. The van der Waals surface area contributed by atoms with Crippen LogP contribution in [0.4, 0.5) is 0 Å². The minimum absolute atomic E-state index is 0.0340. The van der Waals surface area contributed by atoms with Gasteiger partial charge in [-0.2, -0.15) is 0 Å². The SMILES string of the molecule is CNS(=O)(=O)c1ccc(C(=O)OCc2ccc(Cl)c(Cl)c2)cc1. The third-order valence-corrected chi connectivity index (χ3v) is 5.19. The van der Waals surface area contributed by atoms with Crippen LogP contribution < -0.4 is 4.72 Å². The summed E-state index contributed by atoms with van der Waals surface area (Å²) in [5.41, 5.74) is 0.947. The summed E-state index contributed by atoms with van der Waals surface area (Å²) in [5, 5.41) is 0.796. The van der Waals surface area contributed by atoms with Crippen LogP contribution in [0.3, 0.4) is 0 Å². The Labute approximate surface area is 144 Å². The highest BCUT2D eigenvalue weighted by atomic mass is 35.5. The van der Waals surface area contributed by atoms with E-state index in [0.717, 1.165) is 0 Å². The van der Waals surface area contributed by atoms with E-state index in [2.05, 4.69) is 4.72 Å². The van der Waals surface area contributed by atoms with E-state index in [1.807, 2.05) is 0 Å². The van der Waals surface area contributed by atoms with Crippen LogP contribution in [0.1, 0.15) is 15.9 Å². The fraction of sp³-hybridized carbons (Fsp3) is 0.133. The highest BCUT2D eigenvalue weighted by molar-refractivity contribution is 7.89. The molecule has 0 radical (unpaired) electrons. The summed E-state index contributed by atoms with van der Waals surface area (Å²) in [6, 6.07) is 10.4. The lowest BCUT2D eigenvalue weighted by Crippen LogP contribution is -2.18. The molecule has 2 aromatic rings. The Balaban J connectivity index is 2.05. The largest absolute Gasteiger partial charge is 0.457 e. The zero-order chi connectivity index (χ0) is 17.0. The van der Waals surface area contributed by atoms with Gasteiger partial charge < -0.3 is 4.74 Å². The van der Waals surface area contributed by atoms with Crippen LogP contribution in [0.15, 0.2) is 47.4 Å². The van der Waals surface area contributed by atoms with Crippen molar-refractivity contribution in [3.63, 3.8) is 0 Å². The second-order valence-corrected chi connectivity index (χ2v) is 7.26. The third kappa shape index (κ3) is 4.45. The van der Waals surface area contributed by atoms with Crippen molar-refractivity contribution in [3.8, 4) is 0 Å². The molecule has 2 aromatic carbocycles. The molecule has 0 aromatic heterocycles. The number of benzene rings is 2. The fourth-order valence-corrected chi connectivity index (χ4v) is 2.80. The summed E-state index contributed by atoms with van der Waals surface area (Å²) < 4.78 is 30.6. The number of hydrogen-bond donors (Lipinski definition) is 1. The summed E-state index contributed by atoms with van der Waals surface area (Å²) >= 11 is 11.7. The fourth-order valence-electron chi connectivity index (χ4n) is 1.75. The number of esters is 1. The highest BCUT2D eigenvalue weighted by Gasteiger charge is 2.13. The second-order valence-electron chi connectivity index (χ2n) is 4.56. The van der Waals surface area contributed by atoms with E-state index in [0.29, 0.717) is 15.6 Å². The van der Waals surface area contributed by atoms with Crippen molar-refractivity contribution in [2.75, 3.05) is 7.05 Å². The summed E-state index contributed by atoms with van der Waals surface area (Å²) in [6.07, 6.45) is 0. The molecular weight excluding hydrogens is 361 g/mol. The monoisotopic (exact) mass is 373 g/mol. The van der Waals surface area contributed by atoms with Crippen molar-refractivity contribution < 1.29 is 17.9 Å². The molecule has 0 fully saturated rings. The van der Waals surface area contributed by atoms with Crippen LogP contribution in [-0.4, -0.2) is 21.4 Å². The molecule has 0 saturated carbocycles. The van der Waals surface area contributed by atoms with Crippen molar-refractivity contribution in [1.82, 2.24) is 4.72 Å². The Morgan fingerprint density at radius 3 is 2.30 bits per heavy atom. The van der Waals surface area contributed by atoms with Gasteiger partial charge in [-0.05, 0) is 49.0 Å². The van der Waals surface area contributed by atoms with Gasteiger partial charge in [-0.3, -0.25) is 0 Å². The van der Waals surface area contributed by atoms with Gasteiger partial charge in [-0.1, -0.05) is 29.3 Å². The van der Waals surface area contributed by atoms with Gasteiger partial charge in [-0.15, -0.1) is 0 Å². The molecule has 122 valence electrons. The normalized spacial score (nSPS) is 11.3. The van der Waals surface area contributed by atoms with Crippen LogP contribution in [0.25, 0.3) is 0 Å². The maximum Gasteiger partial charge on any atom is 0.338 e. The molecule has 0 aliphatic heterocycles. The Morgan fingerprint density at radius 1 is 1.09 bits per heavy atom. The summed E-state index contributed by atoms with van der Waals surface area (Å²) in [4.78, 5) is 12.0. The van der Waals surface area contributed by atoms with E-state index in [-0.39, 0.29) is 17.1 Å². The van der Waals surface area contributed by atoms with Crippen LogP contribution >= 0.6 is 23.2 Å². The molecule has 23 heavy (non-hydrogen) atoms. The van der Waals surface area contributed by atoms with E-state index < -0.39 is 16.0 Å². The van der Waals surface area contributed by atoms with Crippen molar-refractivity contribution in [1.29, 1.82) is 0 Å². The van der Waals surface area contributed by atoms with E-state index in [9.17, 15) is 13.2 Å². The molecule has 2 rings (SSSR count). The molecule has 5 nitrogen and oxygen atoms in total. The summed E-state index contributed by atoms with van der Waals surface area (Å²) in [7, 11) is -2.22. The molecular formula is C15H13Cl2NO4S. The number of sulfonamides is 1. The van der Waals surface area contributed by atoms with E-state index >= 15 is 0 Å². The molecule has 0 saturated heterocycles. The number of hydrogen-bond acceptors (Lipinski definition) is 4. The first-order chi connectivity index (χ1) is 10.8. The molecule has 0 spiro atoms. The predicted molar refractivity (Wildman–Crippen MR) is 88.3 cm³/mol. The number of ether oxygens (including phenoxy) is 1. The van der Waals surface area contributed by atoms with Crippen molar-refractivity contribution in [2.24, 2.45) is 0 Å². The van der Waals surface area contributed by atoms with E-state index in [1.54, 1.807) is 18.2 Å². The van der Waals surface area contributed by atoms with E-state index in [4.69, 9.17) is 27.9 Å². The molecule has 0 heterocycles. The van der Waals surface area contributed by atoms with Gasteiger partial charge in [-0.25, -0.2) is 17.9 Å². The highest BCUT2D eigenvalue weighted by Crippen LogP contribution is 2.23. The minimum atomic E-state index is -3.53.